The highest BCUT2D eigenvalue weighted by Crippen LogP contribution is 2.46. The molecule has 0 heterocycles. The van der Waals surface area contributed by atoms with E-state index in [1.54, 1.807) is 0 Å². The Hall–Kier alpha value is -2.36. The van der Waals surface area contributed by atoms with E-state index in [0.29, 0.717) is 0 Å². The van der Waals surface area contributed by atoms with Gasteiger partial charge in [-0.05, 0) is 52.2 Å². The molecule has 1 aliphatic rings. The van der Waals surface area contributed by atoms with Gasteiger partial charge in [-0.25, -0.2) is 0 Å². The summed E-state index contributed by atoms with van der Waals surface area (Å²) in [6, 6.07) is 32.1. The third kappa shape index (κ3) is 4.69. The van der Waals surface area contributed by atoms with Crippen LogP contribution in [0.4, 0.5) is 0 Å². The third-order valence-corrected chi connectivity index (χ3v) is 12.1. The van der Waals surface area contributed by atoms with Crippen LogP contribution >= 0.6 is 0 Å². The van der Waals surface area contributed by atoms with Crippen LogP contribution in [0.25, 0.3) is 0 Å². The predicted molar refractivity (Wildman–Crippen MR) is 136 cm³/mol. The molecule has 0 atom stereocenters. The fourth-order valence-corrected chi connectivity index (χ4v) is 9.75. The van der Waals surface area contributed by atoms with Crippen molar-refractivity contribution in [2.45, 2.75) is 51.5 Å². The second-order valence-corrected chi connectivity index (χ2v) is 14.5. The van der Waals surface area contributed by atoms with Gasteiger partial charge in [0.1, 0.15) is 5.75 Å². The highest BCUT2D eigenvalue weighted by atomic mass is 28.4. The van der Waals surface area contributed by atoms with Gasteiger partial charge in [0.15, 0.2) is 0 Å². The summed E-state index contributed by atoms with van der Waals surface area (Å²) in [5, 5.41) is 2.73. The molecule has 0 radical (unpaired) electrons. The van der Waals surface area contributed by atoms with Crippen molar-refractivity contribution in [2.75, 3.05) is 13.2 Å². The van der Waals surface area contributed by atoms with Crippen molar-refractivity contribution < 1.29 is 9.16 Å². The first-order valence-corrected chi connectivity index (χ1v) is 13.8. The standard InChI is InChI=1S/C29H36O2Si/c1-28(2,3)32(26-16-9-5-10-17-26,27-18-11-6-12-19-27)31-24-29(20-13-21-29)22-23-30-25-14-7-4-8-15-25/h4-12,14-19H,13,20-24H2,1-3H3. The van der Waals surface area contributed by atoms with Gasteiger partial charge in [0.25, 0.3) is 8.32 Å². The van der Waals surface area contributed by atoms with Crippen LogP contribution in [-0.4, -0.2) is 21.5 Å². The topological polar surface area (TPSA) is 18.5 Å². The molecule has 1 fully saturated rings. The van der Waals surface area contributed by atoms with Crippen molar-refractivity contribution in [3.05, 3.63) is 91.0 Å². The van der Waals surface area contributed by atoms with Crippen molar-refractivity contribution in [3.63, 3.8) is 0 Å². The minimum atomic E-state index is -2.49. The van der Waals surface area contributed by atoms with E-state index in [0.717, 1.165) is 25.4 Å². The summed E-state index contributed by atoms with van der Waals surface area (Å²) in [6.07, 6.45) is 4.78. The molecule has 1 saturated carbocycles. The van der Waals surface area contributed by atoms with E-state index in [-0.39, 0.29) is 10.5 Å². The number of hydrogen-bond acceptors (Lipinski definition) is 2. The fraction of sp³-hybridized carbons (Fsp3) is 0.379. The number of hydrogen-bond donors (Lipinski definition) is 0. The maximum absolute atomic E-state index is 7.26. The normalized spacial score (nSPS) is 15.7. The predicted octanol–water partition coefficient (Wildman–Crippen LogP) is 6.20. The Labute approximate surface area is 194 Å². The Morgan fingerprint density at radius 2 is 1.25 bits per heavy atom. The molecule has 32 heavy (non-hydrogen) atoms. The molecular weight excluding hydrogens is 408 g/mol. The average Bonchev–Trinajstić information content (AvgIpc) is 2.78. The molecule has 1 aliphatic carbocycles. The Kier molecular flexibility index (Phi) is 6.87. The Morgan fingerprint density at radius 3 is 1.69 bits per heavy atom. The van der Waals surface area contributed by atoms with Gasteiger partial charge in [0.2, 0.25) is 0 Å². The number of rotatable bonds is 9. The molecule has 0 bridgehead atoms. The highest BCUT2D eigenvalue weighted by Gasteiger charge is 2.52. The van der Waals surface area contributed by atoms with Crippen LogP contribution in [-0.2, 0) is 4.43 Å². The lowest BCUT2D eigenvalue weighted by atomic mass is 9.67. The van der Waals surface area contributed by atoms with Crippen molar-refractivity contribution >= 4 is 18.7 Å². The largest absolute Gasteiger partial charge is 0.494 e. The first kappa shape index (κ1) is 22.8. The maximum Gasteiger partial charge on any atom is 0.261 e. The summed E-state index contributed by atoms with van der Waals surface area (Å²) in [6.45, 7) is 8.61. The molecule has 3 heteroatoms. The molecule has 0 aliphatic heterocycles. The molecule has 2 nitrogen and oxygen atoms in total. The Balaban J connectivity index is 1.58. The van der Waals surface area contributed by atoms with Gasteiger partial charge in [-0.2, -0.15) is 0 Å². The zero-order valence-corrected chi connectivity index (χ0v) is 20.7. The van der Waals surface area contributed by atoms with Gasteiger partial charge in [0.05, 0.1) is 6.61 Å². The van der Waals surface area contributed by atoms with E-state index in [9.17, 15) is 0 Å². The molecule has 0 N–H and O–H groups in total. The SMILES string of the molecule is CC(C)(C)[Si](OCC1(CCOc2ccccc2)CCC1)(c1ccccc1)c1ccccc1. The molecule has 0 saturated heterocycles. The summed E-state index contributed by atoms with van der Waals surface area (Å²) in [5.41, 5.74) is 0.224. The van der Waals surface area contributed by atoms with Crippen LogP contribution in [0.3, 0.4) is 0 Å². The van der Waals surface area contributed by atoms with Crippen molar-refractivity contribution in [3.8, 4) is 5.75 Å². The Morgan fingerprint density at radius 1 is 0.750 bits per heavy atom. The summed E-state index contributed by atoms with van der Waals surface area (Å²) in [7, 11) is -2.49. The van der Waals surface area contributed by atoms with Gasteiger partial charge in [-0.1, -0.05) is 106 Å². The highest BCUT2D eigenvalue weighted by molar-refractivity contribution is 6.99. The van der Waals surface area contributed by atoms with Gasteiger partial charge in [0, 0.05) is 6.61 Å². The molecule has 3 aromatic carbocycles. The first-order valence-electron chi connectivity index (χ1n) is 11.9. The maximum atomic E-state index is 7.26. The van der Waals surface area contributed by atoms with Crippen molar-refractivity contribution in [1.82, 2.24) is 0 Å². The summed E-state index contributed by atoms with van der Waals surface area (Å²) in [4.78, 5) is 0. The zero-order chi connectivity index (χ0) is 22.5. The first-order chi connectivity index (χ1) is 15.5. The van der Waals surface area contributed by atoms with Gasteiger partial charge < -0.3 is 9.16 Å². The van der Waals surface area contributed by atoms with Crippen LogP contribution in [0.5, 0.6) is 5.75 Å². The number of ether oxygens (including phenoxy) is 1. The van der Waals surface area contributed by atoms with Crippen molar-refractivity contribution in [2.24, 2.45) is 5.41 Å². The van der Waals surface area contributed by atoms with E-state index in [2.05, 4.69) is 81.4 Å². The molecule has 0 unspecified atom stereocenters. The molecular formula is C29H36O2Si. The number of benzene rings is 3. The summed E-state index contributed by atoms with van der Waals surface area (Å²) >= 11 is 0. The molecule has 0 amide bonds. The lowest BCUT2D eigenvalue weighted by molar-refractivity contribution is 0.0305. The fourth-order valence-electron chi connectivity index (χ4n) is 5.07. The van der Waals surface area contributed by atoms with E-state index in [4.69, 9.17) is 9.16 Å². The van der Waals surface area contributed by atoms with Gasteiger partial charge in [-0.15, -0.1) is 0 Å². The third-order valence-electron chi connectivity index (χ3n) is 7.07. The van der Waals surface area contributed by atoms with Crippen LogP contribution in [0.1, 0.15) is 46.5 Å². The van der Waals surface area contributed by atoms with Crippen molar-refractivity contribution in [1.29, 1.82) is 0 Å². The van der Waals surface area contributed by atoms with E-state index < -0.39 is 8.32 Å². The summed E-state index contributed by atoms with van der Waals surface area (Å²) < 4.78 is 13.3. The van der Waals surface area contributed by atoms with Crippen LogP contribution < -0.4 is 15.1 Å². The smallest absolute Gasteiger partial charge is 0.261 e. The summed E-state index contributed by atoms with van der Waals surface area (Å²) in [5.74, 6) is 0.954. The average molecular weight is 445 g/mol. The second kappa shape index (κ2) is 9.64. The minimum absolute atomic E-state index is 0.0151. The second-order valence-electron chi connectivity index (χ2n) is 10.2. The monoisotopic (exact) mass is 444 g/mol. The number of para-hydroxylation sites is 1. The molecule has 4 rings (SSSR count). The lowest BCUT2D eigenvalue weighted by Crippen LogP contribution is -2.67. The van der Waals surface area contributed by atoms with Crippen LogP contribution in [0.15, 0.2) is 91.0 Å². The molecule has 0 aromatic heterocycles. The molecule has 0 spiro atoms. The van der Waals surface area contributed by atoms with E-state index >= 15 is 0 Å². The molecule has 3 aromatic rings. The van der Waals surface area contributed by atoms with Gasteiger partial charge in [-0.3, -0.25) is 0 Å². The lowest BCUT2D eigenvalue weighted by Gasteiger charge is -2.48. The van der Waals surface area contributed by atoms with Crippen LogP contribution in [0, 0.1) is 5.41 Å². The van der Waals surface area contributed by atoms with Gasteiger partial charge >= 0.3 is 0 Å². The zero-order valence-electron chi connectivity index (χ0n) is 19.7. The van der Waals surface area contributed by atoms with E-state index in [1.807, 2.05) is 30.3 Å². The minimum Gasteiger partial charge on any atom is -0.494 e. The van der Waals surface area contributed by atoms with Crippen LogP contribution in [0.2, 0.25) is 5.04 Å². The quantitative estimate of drug-likeness (QED) is 0.366. The Bertz CT molecular complexity index is 921. The van der Waals surface area contributed by atoms with E-state index in [1.165, 1.54) is 29.6 Å². The molecule has 168 valence electrons.